The smallest absolute Gasteiger partial charge is 0.427 e. The van der Waals surface area contributed by atoms with Crippen LogP contribution in [0.5, 0.6) is 34.5 Å². The maximum atomic E-state index is 12.7. The quantitative estimate of drug-likeness (QED) is 0.0188. The molecule has 0 saturated carbocycles. The van der Waals surface area contributed by atoms with Crippen LogP contribution in [0.4, 0.5) is 9.59 Å². The number of hydrogen-bond acceptors (Lipinski definition) is 12. The molecule has 8 rings (SSSR count). The fraction of sp³-hybridized carbons (Fsp3) is 0.246. The van der Waals surface area contributed by atoms with Gasteiger partial charge in [-0.25, -0.2) is 9.59 Å². The van der Waals surface area contributed by atoms with E-state index in [0.717, 1.165) is 70.6 Å². The van der Waals surface area contributed by atoms with Crippen LogP contribution >= 0.6 is 21.6 Å². The highest BCUT2D eigenvalue weighted by Gasteiger charge is 2.26. The van der Waals surface area contributed by atoms with Crippen LogP contribution in [0, 0.1) is 0 Å². The standard InChI is InChI=1S/C69H68O10S2/c1-67(2,49-19-13-11-14-20-49)51-27-35-57(36-28-51)76-65(72)77-59-39-31-54(32-40-59)69(5,6)53-25-33-55(34-26-53)74-63(70)23-17-9-7-8-10-18-24-64(71)75-56-41-45-61(46-42-56)80-81-62-47-43-60(44-48-62)79-66(73)78-58-37-29-52(30-38-58)68(3,4)50-21-15-12-16-22-50/h11-16,19-22,25-48H,7-10,17-18,23-24H2,1-6H3. The largest absolute Gasteiger partial charge is 0.519 e. The molecule has 0 aliphatic carbocycles. The highest BCUT2D eigenvalue weighted by atomic mass is 33.1. The summed E-state index contributed by atoms with van der Waals surface area (Å²) >= 11 is 0. The van der Waals surface area contributed by atoms with Gasteiger partial charge in [0.25, 0.3) is 0 Å². The first-order valence-corrected chi connectivity index (χ1v) is 29.4. The van der Waals surface area contributed by atoms with Crippen LogP contribution in [0.3, 0.4) is 0 Å². The number of hydrogen-bond donors (Lipinski definition) is 0. The molecular formula is C69H68O10S2. The maximum absolute atomic E-state index is 12.7. The Morgan fingerprint density at radius 1 is 0.284 bits per heavy atom. The summed E-state index contributed by atoms with van der Waals surface area (Å²) in [6.45, 7) is 12.8. The van der Waals surface area contributed by atoms with Crippen LogP contribution in [-0.2, 0) is 25.8 Å². The van der Waals surface area contributed by atoms with E-state index in [9.17, 15) is 19.2 Å². The second-order valence-electron chi connectivity index (χ2n) is 21.3. The first kappa shape index (κ1) is 59.1. The minimum absolute atomic E-state index is 0.204. The Bertz CT molecular complexity index is 3310. The molecule has 0 amide bonds. The lowest BCUT2D eigenvalue weighted by Gasteiger charge is -2.26. The number of benzene rings is 8. The van der Waals surface area contributed by atoms with Gasteiger partial charge >= 0.3 is 24.2 Å². The molecule has 0 aromatic heterocycles. The van der Waals surface area contributed by atoms with E-state index in [1.54, 1.807) is 82.3 Å². The second-order valence-corrected chi connectivity index (χ2v) is 23.6. The van der Waals surface area contributed by atoms with E-state index in [1.807, 2.05) is 121 Å². The molecular weight excluding hydrogens is 1050 g/mol. The molecule has 0 unspecified atom stereocenters. The maximum Gasteiger partial charge on any atom is 0.519 e. The normalized spacial score (nSPS) is 11.5. The van der Waals surface area contributed by atoms with E-state index in [0.29, 0.717) is 47.3 Å². The molecule has 416 valence electrons. The van der Waals surface area contributed by atoms with Crippen molar-refractivity contribution in [2.75, 3.05) is 0 Å². The summed E-state index contributed by atoms with van der Waals surface area (Å²) < 4.78 is 33.1. The lowest BCUT2D eigenvalue weighted by atomic mass is 9.78. The Hall–Kier alpha value is -8.06. The third kappa shape index (κ3) is 17.0. The summed E-state index contributed by atoms with van der Waals surface area (Å²) in [4.78, 5) is 52.4. The molecule has 10 nitrogen and oxygen atoms in total. The van der Waals surface area contributed by atoms with Crippen LogP contribution in [-0.4, -0.2) is 24.2 Å². The zero-order valence-corrected chi connectivity index (χ0v) is 48.3. The van der Waals surface area contributed by atoms with E-state index in [4.69, 9.17) is 28.4 Å². The summed E-state index contributed by atoms with van der Waals surface area (Å²) in [6, 6.07) is 65.0. The molecule has 0 aliphatic rings. The number of carbonyl (C=O) groups is 4. The van der Waals surface area contributed by atoms with E-state index in [2.05, 4.69) is 65.8 Å². The first-order chi connectivity index (χ1) is 39.0. The highest BCUT2D eigenvalue weighted by molar-refractivity contribution is 8.76. The zero-order chi connectivity index (χ0) is 57.2. The Labute approximate surface area is 483 Å². The Morgan fingerprint density at radius 2 is 0.506 bits per heavy atom. The van der Waals surface area contributed by atoms with Gasteiger partial charge in [0.15, 0.2) is 0 Å². The van der Waals surface area contributed by atoms with Gasteiger partial charge in [-0.3, -0.25) is 9.59 Å². The third-order valence-electron chi connectivity index (χ3n) is 14.5. The van der Waals surface area contributed by atoms with Crippen LogP contribution < -0.4 is 28.4 Å². The molecule has 0 fully saturated rings. The number of ether oxygens (including phenoxy) is 6. The van der Waals surface area contributed by atoms with Gasteiger partial charge in [0.05, 0.1) is 0 Å². The van der Waals surface area contributed by atoms with Gasteiger partial charge in [0.2, 0.25) is 0 Å². The van der Waals surface area contributed by atoms with Gasteiger partial charge < -0.3 is 28.4 Å². The van der Waals surface area contributed by atoms with Crippen LogP contribution in [0.15, 0.2) is 216 Å². The van der Waals surface area contributed by atoms with Crippen molar-refractivity contribution in [2.24, 2.45) is 0 Å². The van der Waals surface area contributed by atoms with E-state index >= 15 is 0 Å². The monoisotopic (exact) mass is 1120 g/mol. The summed E-state index contributed by atoms with van der Waals surface area (Å²) in [5, 5.41) is 0. The Balaban J connectivity index is 0.653. The Morgan fingerprint density at radius 3 is 0.778 bits per heavy atom. The van der Waals surface area contributed by atoms with Crippen molar-refractivity contribution in [2.45, 2.75) is 119 Å². The van der Waals surface area contributed by atoms with Crippen molar-refractivity contribution in [3.63, 3.8) is 0 Å². The SMILES string of the molecule is CC(C)(c1ccccc1)c1ccc(OC(=O)Oc2ccc(SSc3ccc(OC(=O)CCCCCCCCC(=O)Oc4ccc(C(C)(C)c5ccc(OC(=O)Oc6ccc(C(C)(C)c7ccccc7)cc6)cc5)cc4)cc3)cc2)cc1. The third-order valence-corrected chi connectivity index (χ3v) is 16.9. The molecule has 0 radical (unpaired) electrons. The number of carbonyl (C=O) groups excluding carboxylic acids is 4. The fourth-order valence-corrected chi connectivity index (χ4v) is 11.2. The molecule has 0 spiro atoms. The van der Waals surface area contributed by atoms with Gasteiger partial charge in [-0.15, -0.1) is 0 Å². The van der Waals surface area contributed by atoms with Crippen LogP contribution in [0.1, 0.15) is 126 Å². The Kier molecular flexibility index (Phi) is 20.3. The van der Waals surface area contributed by atoms with Gasteiger partial charge in [-0.05, 0) is 143 Å². The van der Waals surface area contributed by atoms with Crippen LogP contribution in [0.25, 0.3) is 0 Å². The topological polar surface area (TPSA) is 124 Å². The molecule has 0 atom stereocenters. The lowest BCUT2D eigenvalue weighted by molar-refractivity contribution is -0.135. The van der Waals surface area contributed by atoms with Crippen molar-refractivity contribution in [3.8, 4) is 34.5 Å². The van der Waals surface area contributed by atoms with Crippen molar-refractivity contribution in [1.29, 1.82) is 0 Å². The fourth-order valence-electron chi connectivity index (χ4n) is 9.23. The van der Waals surface area contributed by atoms with Crippen molar-refractivity contribution < 1.29 is 47.6 Å². The van der Waals surface area contributed by atoms with Crippen LogP contribution in [0.2, 0.25) is 0 Å². The number of unbranched alkanes of at least 4 members (excludes halogenated alkanes) is 5. The van der Waals surface area contributed by atoms with E-state index < -0.39 is 12.3 Å². The summed E-state index contributed by atoms with van der Waals surface area (Å²) in [5.74, 6) is 2.00. The molecule has 8 aromatic carbocycles. The van der Waals surface area contributed by atoms with Crippen molar-refractivity contribution >= 4 is 45.8 Å². The van der Waals surface area contributed by atoms with E-state index in [1.165, 1.54) is 11.1 Å². The minimum atomic E-state index is -0.818. The number of rotatable bonds is 24. The minimum Gasteiger partial charge on any atom is -0.427 e. The predicted molar refractivity (Wildman–Crippen MR) is 321 cm³/mol. The molecule has 81 heavy (non-hydrogen) atoms. The first-order valence-electron chi connectivity index (χ1n) is 27.3. The summed E-state index contributed by atoms with van der Waals surface area (Å²) in [7, 11) is 3.11. The van der Waals surface area contributed by atoms with Gasteiger partial charge in [-0.1, -0.05) is 198 Å². The van der Waals surface area contributed by atoms with Crippen molar-refractivity contribution in [1.82, 2.24) is 0 Å². The molecule has 0 N–H and O–H groups in total. The van der Waals surface area contributed by atoms with Gasteiger partial charge in [-0.2, -0.15) is 0 Å². The molecule has 0 heterocycles. The average Bonchev–Trinajstić information content (AvgIpc) is 3.47. The lowest BCUT2D eigenvalue weighted by Crippen LogP contribution is -2.19. The average molecular weight is 1120 g/mol. The molecule has 0 aliphatic heterocycles. The number of esters is 2. The van der Waals surface area contributed by atoms with Crippen molar-refractivity contribution in [3.05, 3.63) is 240 Å². The highest BCUT2D eigenvalue weighted by Crippen LogP contribution is 2.39. The van der Waals surface area contributed by atoms with E-state index in [-0.39, 0.29) is 28.2 Å². The molecule has 8 aromatic rings. The zero-order valence-electron chi connectivity index (χ0n) is 46.7. The van der Waals surface area contributed by atoms with Gasteiger partial charge in [0, 0.05) is 38.9 Å². The molecule has 0 saturated heterocycles. The molecule has 12 heteroatoms. The molecule has 0 bridgehead atoms. The summed E-state index contributed by atoms with van der Waals surface area (Å²) in [6.07, 6.45) is 4.19. The van der Waals surface area contributed by atoms with Gasteiger partial charge in [0.1, 0.15) is 34.5 Å². The predicted octanol–water partition coefficient (Wildman–Crippen LogP) is 18.3. The summed E-state index contributed by atoms with van der Waals surface area (Å²) in [5.41, 5.74) is 5.82. The second kappa shape index (κ2) is 27.9.